The lowest BCUT2D eigenvalue weighted by Crippen LogP contribution is -2.70. The number of anilines is 1. The fraction of sp³-hybridized carbons (Fsp3) is 0.684. The van der Waals surface area contributed by atoms with Gasteiger partial charge in [-0.25, -0.2) is 4.98 Å². The molecule has 2 bridgehead atoms. The molecule has 0 radical (unpaired) electrons. The van der Waals surface area contributed by atoms with Gasteiger partial charge in [0.25, 0.3) is 0 Å². The first-order valence-corrected chi connectivity index (χ1v) is 10.2. The highest BCUT2D eigenvalue weighted by molar-refractivity contribution is 9.10. The molecule has 5 fully saturated rings. The molecule has 4 aliphatic carbocycles. The molecule has 0 spiro atoms. The Morgan fingerprint density at radius 1 is 1.24 bits per heavy atom. The van der Waals surface area contributed by atoms with Gasteiger partial charge in [0.05, 0.1) is 5.41 Å². The van der Waals surface area contributed by atoms with E-state index in [1.54, 1.807) is 6.20 Å². The van der Waals surface area contributed by atoms with Gasteiger partial charge in [-0.2, -0.15) is 0 Å². The van der Waals surface area contributed by atoms with Gasteiger partial charge in [-0.1, -0.05) is 15.9 Å². The largest absolute Gasteiger partial charge is 0.310 e. The van der Waals surface area contributed by atoms with E-state index in [9.17, 15) is 4.79 Å². The molecular weight excluding hydrogens is 380 g/mol. The van der Waals surface area contributed by atoms with Gasteiger partial charge < -0.3 is 10.2 Å². The fourth-order valence-corrected chi connectivity index (χ4v) is 5.66. The SMILES string of the molecule is O=C(Nc1cc(Br)ccn1)C12CC(CN3CCN(C4CC4)CC3)(C1)C2. The maximum Gasteiger partial charge on any atom is 0.231 e. The van der Waals surface area contributed by atoms with E-state index in [1.807, 2.05) is 12.1 Å². The number of pyridine rings is 1. The third kappa shape index (κ3) is 2.92. The number of nitrogens with one attached hydrogen (secondary N) is 1. The molecule has 134 valence electrons. The molecule has 6 heteroatoms. The third-order valence-corrected chi connectivity index (χ3v) is 7.11. The zero-order chi connectivity index (χ0) is 17.1. The van der Waals surface area contributed by atoms with Gasteiger partial charge >= 0.3 is 0 Å². The summed E-state index contributed by atoms with van der Waals surface area (Å²) in [4.78, 5) is 22.2. The summed E-state index contributed by atoms with van der Waals surface area (Å²) in [6.45, 7) is 6.08. The number of hydrogen-bond donors (Lipinski definition) is 1. The van der Waals surface area contributed by atoms with Crippen LogP contribution in [0, 0.1) is 10.8 Å². The Kier molecular flexibility index (Phi) is 3.74. The molecule has 0 aromatic carbocycles. The number of amides is 1. The number of nitrogens with zero attached hydrogens (tertiary/aromatic N) is 3. The minimum Gasteiger partial charge on any atom is -0.310 e. The summed E-state index contributed by atoms with van der Waals surface area (Å²) in [7, 11) is 0. The van der Waals surface area contributed by atoms with Crippen molar-refractivity contribution in [2.24, 2.45) is 10.8 Å². The normalized spacial score (nSPS) is 34.9. The van der Waals surface area contributed by atoms with Gasteiger partial charge in [0.1, 0.15) is 5.82 Å². The molecule has 1 saturated heterocycles. The van der Waals surface area contributed by atoms with Crippen molar-refractivity contribution in [1.82, 2.24) is 14.8 Å². The number of carbonyl (C=O) groups excluding carboxylic acids is 1. The molecule has 5 nitrogen and oxygen atoms in total. The van der Waals surface area contributed by atoms with Crippen molar-refractivity contribution in [2.45, 2.75) is 38.1 Å². The molecule has 1 amide bonds. The number of carbonyl (C=O) groups is 1. The Morgan fingerprint density at radius 3 is 2.60 bits per heavy atom. The molecule has 1 N–H and O–H groups in total. The highest BCUT2D eigenvalue weighted by Gasteiger charge is 2.71. The predicted molar refractivity (Wildman–Crippen MR) is 100 cm³/mol. The second-order valence-corrected chi connectivity index (χ2v) is 9.58. The second-order valence-electron chi connectivity index (χ2n) is 8.67. The Balaban J connectivity index is 1.11. The predicted octanol–water partition coefficient (Wildman–Crippen LogP) is 2.73. The molecule has 1 aromatic rings. The van der Waals surface area contributed by atoms with Crippen LogP contribution in [0.5, 0.6) is 0 Å². The van der Waals surface area contributed by atoms with Gasteiger partial charge in [-0.3, -0.25) is 9.69 Å². The highest BCUT2D eigenvalue weighted by Crippen LogP contribution is 2.73. The number of halogens is 1. The van der Waals surface area contributed by atoms with E-state index >= 15 is 0 Å². The van der Waals surface area contributed by atoms with Crippen LogP contribution in [0.3, 0.4) is 0 Å². The third-order valence-electron chi connectivity index (χ3n) is 6.61. The lowest BCUT2D eigenvalue weighted by atomic mass is 9.34. The lowest BCUT2D eigenvalue weighted by Gasteiger charge is -2.70. The average molecular weight is 405 g/mol. The van der Waals surface area contributed by atoms with Crippen LogP contribution in [0.2, 0.25) is 0 Å². The lowest BCUT2D eigenvalue weighted by molar-refractivity contribution is -0.210. The van der Waals surface area contributed by atoms with Gasteiger partial charge in [-0.15, -0.1) is 0 Å². The van der Waals surface area contributed by atoms with E-state index in [0.29, 0.717) is 11.2 Å². The topological polar surface area (TPSA) is 48.5 Å². The zero-order valence-electron chi connectivity index (χ0n) is 14.5. The maximum absolute atomic E-state index is 12.6. The van der Waals surface area contributed by atoms with Crippen LogP contribution in [0.4, 0.5) is 5.82 Å². The summed E-state index contributed by atoms with van der Waals surface area (Å²) >= 11 is 3.42. The standard InChI is InChI=1S/C19H25BrN4O/c20-14-3-4-21-16(9-14)22-17(25)19-10-18(11-19,12-19)13-23-5-7-24(8-6-23)15-1-2-15/h3-4,9,15H,1-2,5-8,10-13H2,(H,21,22,25). The fourth-order valence-electron chi connectivity index (χ4n) is 5.33. The number of piperazine rings is 1. The number of rotatable bonds is 5. The number of aromatic nitrogens is 1. The molecule has 0 atom stereocenters. The van der Waals surface area contributed by atoms with Crippen molar-refractivity contribution in [2.75, 3.05) is 38.0 Å². The van der Waals surface area contributed by atoms with Crippen LogP contribution in [0.25, 0.3) is 0 Å². The van der Waals surface area contributed by atoms with Gasteiger partial charge in [-0.05, 0) is 49.7 Å². The van der Waals surface area contributed by atoms with Crippen molar-refractivity contribution < 1.29 is 4.79 Å². The van der Waals surface area contributed by atoms with Crippen LogP contribution >= 0.6 is 15.9 Å². The molecule has 4 saturated carbocycles. The van der Waals surface area contributed by atoms with E-state index in [0.717, 1.165) is 29.8 Å². The van der Waals surface area contributed by atoms with E-state index < -0.39 is 0 Å². The molecule has 1 aliphatic heterocycles. The van der Waals surface area contributed by atoms with Gasteiger partial charge in [0, 0.05) is 49.4 Å². The molecular formula is C19H25BrN4O. The minimum absolute atomic E-state index is 0.111. The minimum atomic E-state index is -0.111. The summed E-state index contributed by atoms with van der Waals surface area (Å²) < 4.78 is 0.942. The van der Waals surface area contributed by atoms with E-state index in [4.69, 9.17) is 0 Å². The summed E-state index contributed by atoms with van der Waals surface area (Å²) in [5, 5.41) is 3.01. The van der Waals surface area contributed by atoms with Crippen molar-refractivity contribution in [3.05, 3.63) is 22.8 Å². The van der Waals surface area contributed by atoms with Crippen molar-refractivity contribution in [3.63, 3.8) is 0 Å². The Bertz CT molecular complexity index is 677. The maximum atomic E-state index is 12.6. The molecule has 1 aromatic heterocycles. The number of hydrogen-bond acceptors (Lipinski definition) is 4. The molecule has 6 rings (SSSR count). The Labute approximate surface area is 157 Å². The zero-order valence-corrected chi connectivity index (χ0v) is 16.1. The van der Waals surface area contributed by atoms with Crippen LogP contribution in [0.1, 0.15) is 32.1 Å². The summed E-state index contributed by atoms with van der Waals surface area (Å²) in [5.41, 5.74) is 0.309. The van der Waals surface area contributed by atoms with Crippen molar-refractivity contribution in [3.8, 4) is 0 Å². The quantitative estimate of drug-likeness (QED) is 0.819. The van der Waals surface area contributed by atoms with Crippen LogP contribution in [0.15, 0.2) is 22.8 Å². The van der Waals surface area contributed by atoms with Crippen molar-refractivity contribution in [1.29, 1.82) is 0 Å². The summed E-state index contributed by atoms with van der Waals surface area (Å²) in [6, 6.07) is 4.63. The first-order valence-electron chi connectivity index (χ1n) is 9.45. The van der Waals surface area contributed by atoms with Crippen LogP contribution in [-0.4, -0.2) is 59.5 Å². The molecule has 2 heterocycles. The first kappa shape index (κ1) is 16.2. The Hall–Kier alpha value is -0.980. The van der Waals surface area contributed by atoms with Gasteiger partial charge in [0.2, 0.25) is 5.91 Å². The van der Waals surface area contributed by atoms with Gasteiger partial charge in [0.15, 0.2) is 0 Å². The smallest absolute Gasteiger partial charge is 0.231 e. The van der Waals surface area contributed by atoms with Crippen molar-refractivity contribution >= 4 is 27.7 Å². The first-order chi connectivity index (χ1) is 12.1. The highest BCUT2D eigenvalue weighted by atomic mass is 79.9. The molecule has 5 aliphatic rings. The second kappa shape index (κ2) is 5.76. The summed E-state index contributed by atoms with van der Waals surface area (Å²) in [6.07, 6.45) is 7.71. The Morgan fingerprint density at radius 2 is 1.96 bits per heavy atom. The summed E-state index contributed by atoms with van der Waals surface area (Å²) in [5.74, 6) is 0.813. The molecule has 0 unspecified atom stereocenters. The molecule has 25 heavy (non-hydrogen) atoms. The van der Waals surface area contributed by atoms with Crippen LogP contribution < -0.4 is 5.32 Å². The monoisotopic (exact) mass is 404 g/mol. The van der Waals surface area contributed by atoms with E-state index in [1.165, 1.54) is 45.6 Å². The van der Waals surface area contributed by atoms with E-state index in [2.05, 4.69) is 36.0 Å². The average Bonchev–Trinajstić information content (AvgIpc) is 3.34. The van der Waals surface area contributed by atoms with Crippen LogP contribution in [-0.2, 0) is 4.79 Å². The van der Waals surface area contributed by atoms with E-state index in [-0.39, 0.29) is 11.3 Å².